The lowest BCUT2D eigenvalue weighted by atomic mass is 9.86. The zero-order chi connectivity index (χ0) is 19.2. The second-order valence-electron chi connectivity index (χ2n) is 6.74. The Balaban J connectivity index is 0.00000280. The number of Topliss-reactive ketones (excluding diaryl/α,β-unsaturated/α-hetero) is 1. The van der Waals surface area contributed by atoms with E-state index in [9.17, 15) is 18.4 Å². The molecule has 1 aliphatic heterocycles. The van der Waals surface area contributed by atoms with Gasteiger partial charge < -0.3 is 10.6 Å². The number of ketones is 1. The van der Waals surface area contributed by atoms with Gasteiger partial charge >= 0.3 is 0 Å². The van der Waals surface area contributed by atoms with Gasteiger partial charge in [0, 0.05) is 36.9 Å². The SMILES string of the molecule is Cl.O=C(CCC(=O)c1ccccc1)NC1CNCCC1c1ccc(F)c(F)c1. The minimum atomic E-state index is -0.885. The molecule has 3 rings (SSSR count). The highest BCUT2D eigenvalue weighted by Crippen LogP contribution is 2.27. The Bertz CT molecular complexity index is 817. The number of hydrogen-bond acceptors (Lipinski definition) is 3. The van der Waals surface area contributed by atoms with Gasteiger partial charge in [-0.25, -0.2) is 8.78 Å². The van der Waals surface area contributed by atoms with Crippen LogP contribution in [-0.4, -0.2) is 30.8 Å². The maximum absolute atomic E-state index is 13.6. The molecular weight excluding hydrogens is 386 g/mol. The van der Waals surface area contributed by atoms with Crippen LogP contribution in [-0.2, 0) is 4.79 Å². The van der Waals surface area contributed by atoms with E-state index in [0.29, 0.717) is 24.1 Å². The first-order chi connectivity index (χ1) is 13.0. The van der Waals surface area contributed by atoms with E-state index in [4.69, 9.17) is 0 Å². The summed E-state index contributed by atoms with van der Waals surface area (Å²) in [6.45, 7) is 1.28. The zero-order valence-electron chi connectivity index (χ0n) is 15.3. The Morgan fingerprint density at radius 3 is 2.50 bits per heavy atom. The van der Waals surface area contributed by atoms with Crippen LogP contribution in [0.1, 0.15) is 41.1 Å². The van der Waals surface area contributed by atoms with E-state index in [0.717, 1.165) is 12.6 Å². The fourth-order valence-corrected chi connectivity index (χ4v) is 3.43. The highest BCUT2D eigenvalue weighted by Gasteiger charge is 2.28. The molecule has 28 heavy (non-hydrogen) atoms. The quantitative estimate of drug-likeness (QED) is 0.718. The van der Waals surface area contributed by atoms with Crippen molar-refractivity contribution in [3.8, 4) is 0 Å². The third-order valence-electron chi connectivity index (χ3n) is 4.88. The molecule has 7 heteroatoms. The van der Waals surface area contributed by atoms with Gasteiger partial charge in [0.2, 0.25) is 5.91 Å². The van der Waals surface area contributed by atoms with Gasteiger partial charge in [-0.2, -0.15) is 0 Å². The molecule has 150 valence electrons. The van der Waals surface area contributed by atoms with Gasteiger partial charge in [-0.1, -0.05) is 36.4 Å². The predicted molar refractivity (Wildman–Crippen MR) is 106 cm³/mol. The molecule has 0 saturated carbocycles. The number of piperidine rings is 1. The minimum absolute atomic E-state index is 0. The molecule has 0 aliphatic carbocycles. The third kappa shape index (κ3) is 5.59. The van der Waals surface area contributed by atoms with Crippen molar-refractivity contribution in [2.75, 3.05) is 13.1 Å². The van der Waals surface area contributed by atoms with Crippen LogP contribution in [0.2, 0.25) is 0 Å². The first-order valence-corrected chi connectivity index (χ1v) is 9.08. The number of carbonyl (C=O) groups excluding carboxylic acids is 2. The predicted octanol–water partition coefficient (Wildman–Crippen LogP) is 3.61. The van der Waals surface area contributed by atoms with Crippen molar-refractivity contribution in [1.29, 1.82) is 0 Å². The lowest BCUT2D eigenvalue weighted by Crippen LogP contribution is -2.50. The van der Waals surface area contributed by atoms with Crippen molar-refractivity contribution < 1.29 is 18.4 Å². The summed E-state index contributed by atoms with van der Waals surface area (Å²) in [5.41, 5.74) is 1.25. The van der Waals surface area contributed by atoms with E-state index in [1.54, 1.807) is 30.3 Å². The van der Waals surface area contributed by atoms with E-state index >= 15 is 0 Å². The lowest BCUT2D eigenvalue weighted by Gasteiger charge is -2.33. The molecule has 0 spiro atoms. The smallest absolute Gasteiger partial charge is 0.220 e. The van der Waals surface area contributed by atoms with Gasteiger partial charge in [0.25, 0.3) is 0 Å². The van der Waals surface area contributed by atoms with Crippen molar-refractivity contribution >= 4 is 24.1 Å². The average molecular weight is 409 g/mol. The normalized spacial score (nSPS) is 18.8. The summed E-state index contributed by atoms with van der Waals surface area (Å²) in [7, 11) is 0. The van der Waals surface area contributed by atoms with Crippen molar-refractivity contribution in [1.82, 2.24) is 10.6 Å². The summed E-state index contributed by atoms with van der Waals surface area (Å²) in [6.07, 6.45) is 0.930. The van der Waals surface area contributed by atoms with Gasteiger partial charge in [-0.15, -0.1) is 12.4 Å². The van der Waals surface area contributed by atoms with Crippen molar-refractivity contribution in [2.45, 2.75) is 31.2 Å². The second-order valence-corrected chi connectivity index (χ2v) is 6.74. The van der Waals surface area contributed by atoms with Crippen LogP contribution in [0.3, 0.4) is 0 Å². The zero-order valence-corrected chi connectivity index (χ0v) is 16.1. The first-order valence-electron chi connectivity index (χ1n) is 9.08. The van der Waals surface area contributed by atoms with E-state index in [1.807, 2.05) is 6.07 Å². The molecule has 2 aromatic rings. The molecule has 1 saturated heterocycles. The van der Waals surface area contributed by atoms with Crippen LogP contribution in [0.5, 0.6) is 0 Å². The van der Waals surface area contributed by atoms with Crippen LogP contribution in [0.15, 0.2) is 48.5 Å². The van der Waals surface area contributed by atoms with E-state index in [-0.39, 0.29) is 48.9 Å². The fraction of sp³-hybridized carbons (Fsp3) is 0.333. The number of amides is 1. The number of hydrogen-bond donors (Lipinski definition) is 2. The molecular formula is C21H23ClF2N2O2. The standard InChI is InChI=1S/C21H22F2N2O2.ClH/c22-17-7-6-15(12-18(17)23)16-10-11-24-13-19(16)25-21(27)9-8-20(26)14-4-2-1-3-5-14;/h1-7,12,16,19,24H,8-11,13H2,(H,25,27);1H. The Morgan fingerprint density at radius 2 is 1.79 bits per heavy atom. The monoisotopic (exact) mass is 408 g/mol. The Morgan fingerprint density at radius 1 is 1.04 bits per heavy atom. The molecule has 0 bridgehead atoms. The number of benzene rings is 2. The molecule has 2 N–H and O–H groups in total. The van der Waals surface area contributed by atoms with Crippen LogP contribution in [0, 0.1) is 11.6 Å². The number of carbonyl (C=O) groups is 2. The first kappa shape index (κ1) is 22.0. The molecule has 1 fully saturated rings. The molecule has 0 aromatic heterocycles. The van der Waals surface area contributed by atoms with Gasteiger partial charge in [0.1, 0.15) is 0 Å². The topological polar surface area (TPSA) is 58.2 Å². The highest BCUT2D eigenvalue weighted by atomic mass is 35.5. The Hall–Kier alpha value is -2.31. The van der Waals surface area contributed by atoms with E-state index < -0.39 is 11.6 Å². The van der Waals surface area contributed by atoms with E-state index in [2.05, 4.69) is 10.6 Å². The second kappa shape index (κ2) is 10.3. The maximum atomic E-state index is 13.6. The summed E-state index contributed by atoms with van der Waals surface area (Å²) in [5, 5.41) is 6.15. The lowest BCUT2D eigenvalue weighted by molar-refractivity contribution is -0.122. The van der Waals surface area contributed by atoms with Crippen LogP contribution in [0.25, 0.3) is 0 Å². The molecule has 1 heterocycles. The largest absolute Gasteiger partial charge is 0.351 e. The summed E-state index contributed by atoms with van der Waals surface area (Å²) in [4.78, 5) is 24.4. The molecule has 1 aliphatic rings. The van der Waals surface area contributed by atoms with Crippen molar-refractivity contribution in [3.05, 3.63) is 71.3 Å². The summed E-state index contributed by atoms with van der Waals surface area (Å²) in [6, 6.07) is 12.5. The van der Waals surface area contributed by atoms with Crippen LogP contribution >= 0.6 is 12.4 Å². The summed E-state index contributed by atoms with van der Waals surface area (Å²) < 4.78 is 26.8. The third-order valence-corrected chi connectivity index (χ3v) is 4.88. The Kier molecular flexibility index (Phi) is 8.08. The van der Waals surface area contributed by atoms with Gasteiger partial charge in [0.15, 0.2) is 17.4 Å². The molecule has 2 unspecified atom stereocenters. The average Bonchev–Trinajstić information content (AvgIpc) is 2.69. The molecule has 4 nitrogen and oxygen atoms in total. The number of nitrogens with one attached hydrogen (secondary N) is 2. The van der Waals surface area contributed by atoms with Crippen molar-refractivity contribution in [2.24, 2.45) is 0 Å². The van der Waals surface area contributed by atoms with E-state index in [1.165, 1.54) is 6.07 Å². The Labute approximate surface area is 169 Å². The van der Waals surface area contributed by atoms with Gasteiger partial charge in [0.05, 0.1) is 0 Å². The molecule has 2 atom stereocenters. The summed E-state index contributed by atoms with van der Waals surface area (Å²) in [5.74, 6) is -2.17. The molecule has 1 amide bonds. The van der Waals surface area contributed by atoms with Crippen LogP contribution < -0.4 is 10.6 Å². The number of rotatable bonds is 6. The fourth-order valence-electron chi connectivity index (χ4n) is 3.43. The van der Waals surface area contributed by atoms with Crippen molar-refractivity contribution in [3.63, 3.8) is 0 Å². The highest BCUT2D eigenvalue weighted by molar-refractivity contribution is 5.97. The number of halogens is 3. The van der Waals surface area contributed by atoms with Gasteiger partial charge in [-0.05, 0) is 30.7 Å². The van der Waals surface area contributed by atoms with Crippen LogP contribution in [0.4, 0.5) is 8.78 Å². The van der Waals surface area contributed by atoms with Gasteiger partial charge in [-0.3, -0.25) is 9.59 Å². The maximum Gasteiger partial charge on any atom is 0.220 e. The summed E-state index contributed by atoms with van der Waals surface area (Å²) >= 11 is 0. The molecule has 2 aromatic carbocycles. The molecule has 0 radical (unpaired) electrons. The minimum Gasteiger partial charge on any atom is -0.351 e.